The quantitative estimate of drug-likeness (QED) is 0.641. The molecule has 0 saturated heterocycles. The van der Waals surface area contributed by atoms with Crippen molar-refractivity contribution in [2.24, 2.45) is 5.73 Å². The number of aromatic hydroxyl groups is 1. The first-order valence-corrected chi connectivity index (χ1v) is 3.94. The molecule has 4 heteroatoms. The molecular weight excluding hydrogens is 173 g/mol. The van der Waals surface area contributed by atoms with Crippen LogP contribution in [0.2, 0.25) is 0 Å². The molecule has 2 unspecified atom stereocenters. The molecule has 0 heterocycles. The Morgan fingerprint density at radius 3 is 2.62 bits per heavy atom. The Labute approximate surface area is 75.6 Å². The van der Waals surface area contributed by atoms with Gasteiger partial charge in [-0.25, -0.2) is 4.39 Å². The van der Waals surface area contributed by atoms with Crippen molar-refractivity contribution in [3.8, 4) is 5.75 Å². The lowest BCUT2D eigenvalue weighted by atomic mass is 10.0. The van der Waals surface area contributed by atoms with Gasteiger partial charge < -0.3 is 15.9 Å². The minimum Gasteiger partial charge on any atom is -0.508 e. The largest absolute Gasteiger partial charge is 0.508 e. The van der Waals surface area contributed by atoms with Crippen LogP contribution in [0.1, 0.15) is 18.5 Å². The van der Waals surface area contributed by atoms with Crippen LogP contribution < -0.4 is 5.73 Å². The van der Waals surface area contributed by atoms with Crippen molar-refractivity contribution < 1.29 is 14.6 Å². The SMILES string of the molecule is CC(O)C(N)c1cc(O)ccc1F. The second-order valence-electron chi connectivity index (χ2n) is 2.97. The van der Waals surface area contributed by atoms with E-state index in [1.54, 1.807) is 0 Å². The molecular formula is C9H12FNO2. The summed E-state index contributed by atoms with van der Waals surface area (Å²) in [5.41, 5.74) is 5.63. The van der Waals surface area contributed by atoms with Gasteiger partial charge in [-0.1, -0.05) is 0 Å². The van der Waals surface area contributed by atoms with Gasteiger partial charge in [0.15, 0.2) is 0 Å². The van der Waals surface area contributed by atoms with Gasteiger partial charge in [-0.05, 0) is 25.1 Å². The number of phenolic OH excluding ortho intramolecular Hbond substituents is 1. The van der Waals surface area contributed by atoms with Gasteiger partial charge in [0.25, 0.3) is 0 Å². The number of rotatable bonds is 2. The van der Waals surface area contributed by atoms with Gasteiger partial charge >= 0.3 is 0 Å². The van der Waals surface area contributed by atoms with E-state index in [0.29, 0.717) is 0 Å². The molecule has 0 fully saturated rings. The molecule has 0 aliphatic rings. The zero-order valence-corrected chi connectivity index (χ0v) is 7.24. The summed E-state index contributed by atoms with van der Waals surface area (Å²) in [6.45, 7) is 1.47. The lowest BCUT2D eigenvalue weighted by Crippen LogP contribution is -2.24. The summed E-state index contributed by atoms with van der Waals surface area (Å²) in [7, 11) is 0. The standard InChI is InChI=1S/C9H12FNO2/c1-5(12)9(11)7-4-6(13)2-3-8(7)10/h2-5,9,12-13H,11H2,1H3. The summed E-state index contributed by atoms with van der Waals surface area (Å²) in [6, 6.07) is 2.75. The number of nitrogens with two attached hydrogens (primary N) is 1. The zero-order valence-electron chi connectivity index (χ0n) is 7.24. The van der Waals surface area contributed by atoms with E-state index in [4.69, 9.17) is 15.9 Å². The number of hydrogen-bond donors (Lipinski definition) is 3. The molecule has 1 aromatic rings. The lowest BCUT2D eigenvalue weighted by Gasteiger charge is -2.15. The summed E-state index contributed by atoms with van der Waals surface area (Å²) in [4.78, 5) is 0. The molecule has 1 aromatic carbocycles. The number of halogens is 1. The lowest BCUT2D eigenvalue weighted by molar-refractivity contribution is 0.162. The number of aliphatic hydroxyl groups excluding tert-OH is 1. The molecule has 0 aliphatic heterocycles. The predicted octanol–water partition coefficient (Wildman–Crippen LogP) is 0.912. The highest BCUT2D eigenvalue weighted by atomic mass is 19.1. The summed E-state index contributed by atoms with van der Waals surface area (Å²) in [6.07, 6.45) is -0.851. The van der Waals surface area contributed by atoms with E-state index in [9.17, 15) is 4.39 Å². The minimum absolute atomic E-state index is 0.0625. The van der Waals surface area contributed by atoms with Crippen molar-refractivity contribution in [2.75, 3.05) is 0 Å². The van der Waals surface area contributed by atoms with E-state index < -0.39 is 18.0 Å². The van der Waals surface area contributed by atoms with Gasteiger partial charge in [-0.15, -0.1) is 0 Å². The summed E-state index contributed by atoms with van der Waals surface area (Å²) in [5.74, 6) is -0.585. The Morgan fingerprint density at radius 1 is 1.46 bits per heavy atom. The fraction of sp³-hybridized carbons (Fsp3) is 0.333. The number of hydrogen-bond acceptors (Lipinski definition) is 3. The summed E-state index contributed by atoms with van der Waals surface area (Å²) < 4.78 is 13.1. The first kappa shape index (κ1) is 9.95. The second kappa shape index (κ2) is 3.72. The monoisotopic (exact) mass is 185 g/mol. The van der Waals surface area contributed by atoms with Gasteiger partial charge in [0.2, 0.25) is 0 Å². The Bertz CT molecular complexity index is 302. The molecule has 13 heavy (non-hydrogen) atoms. The third-order valence-corrected chi connectivity index (χ3v) is 1.86. The van der Waals surface area contributed by atoms with Crippen LogP contribution in [0.15, 0.2) is 18.2 Å². The van der Waals surface area contributed by atoms with Crippen LogP contribution in [0.5, 0.6) is 5.75 Å². The molecule has 0 aromatic heterocycles. The van der Waals surface area contributed by atoms with E-state index in [-0.39, 0.29) is 11.3 Å². The van der Waals surface area contributed by atoms with Gasteiger partial charge in [-0.3, -0.25) is 0 Å². The topological polar surface area (TPSA) is 66.5 Å². The number of benzene rings is 1. The molecule has 0 saturated carbocycles. The van der Waals surface area contributed by atoms with Crippen molar-refractivity contribution in [2.45, 2.75) is 19.1 Å². The van der Waals surface area contributed by atoms with Gasteiger partial charge in [0.1, 0.15) is 11.6 Å². The zero-order chi connectivity index (χ0) is 10.0. The molecule has 0 amide bonds. The summed E-state index contributed by atoms with van der Waals surface area (Å²) in [5, 5.41) is 18.2. The van der Waals surface area contributed by atoms with Gasteiger partial charge in [0.05, 0.1) is 12.1 Å². The van der Waals surface area contributed by atoms with E-state index in [0.717, 1.165) is 6.07 Å². The van der Waals surface area contributed by atoms with Crippen molar-refractivity contribution in [3.05, 3.63) is 29.6 Å². The first-order chi connectivity index (χ1) is 6.02. The van der Waals surface area contributed by atoms with Crippen LogP contribution >= 0.6 is 0 Å². The van der Waals surface area contributed by atoms with Crippen LogP contribution in [-0.2, 0) is 0 Å². The molecule has 0 bridgehead atoms. The molecule has 0 aliphatic carbocycles. The Hall–Kier alpha value is -1.13. The normalized spacial score (nSPS) is 15.4. The molecule has 4 N–H and O–H groups in total. The van der Waals surface area contributed by atoms with Crippen LogP contribution in [0.3, 0.4) is 0 Å². The van der Waals surface area contributed by atoms with E-state index in [1.807, 2.05) is 0 Å². The average Bonchev–Trinajstić information content (AvgIpc) is 2.08. The number of aliphatic hydroxyl groups is 1. The highest BCUT2D eigenvalue weighted by Gasteiger charge is 2.16. The van der Waals surface area contributed by atoms with Gasteiger partial charge in [0, 0.05) is 5.56 Å². The second-order valence-corrected chi connectivity index (χ2v) is 2.97. The van der Waals surface area contributed by atoms with Crippen molar-refractivity contribution >= 4 is 0 Å². The predicted molar refractivity (Wildman–Crippen MR) is 46.7 cm³/mol. The van der Waals surface area contributed by atoms with Crippen molar-refractivity contribution in [1.82, 2.24) is 0 Å². The fourth-order valence-corrected chi connectivity index (χ4v) is 1.05. The Morgan fingerprint density at radius 2 is 2.08 bits per heavy atom. The fourth-order valence-electron chi connectivity index (χ4n) is 1.05. The van der Waals surface area contributed by atoms with E-state index >= 15 is 0 Å². The average molecular weight is 185 g/mol. The molecule has 3 nitrogen and oxygen atoms in total. The van der Waals surface area contributed by atoms with Crippen LogP contribution in [0, 0.1) is 5.82 Å². The Balaban J connectivity index is 3.05. The number of phenols is 1. The Kier molecular flexibility index (Phi) is 2.85. The van der Waals surface area contributed by atoms with E-state index in [1.165, 1.54) is 19.1 Å². The van der Waals surface area contributed by atoms with Crippen LogP contribution in [-0.4, -0.2) is 16.3 Å². The maximum atomic E-state index is 13.1. The maximum absolute atomic E-state index is 13.1. The molecule has 0 spiro atoms. The third-order valence-electron chi connectivity index (χ3n) is 1.86. The molecule has 72 valence electrons. The maximum Gasteiger partial charge on any atom is 0.128 e. The first-order valence-electron chi connectivity index (χ1n) is 3.94. The molecule has 1 rings (SSSR count). The molecule has 0 radical (unpaired) electrons. The smallest absolute Gasteiger partial charge is 0.128 e. The van der Waals surface area contributed by atoms with Gasteiger partial charge in [-0.2, -0.15) is 0 Å². The van der Waals surface area contributed by atoms with Crippen molar-refractivity contribution in [3.63, 3.8) is 0 Å². The highest BCUT2D eigenvalue weighted by Crippen LogP contribution is 2.22. The third kappa shape index (κ3) is 2.17. The highest BCUT2D eigenvalue weighted by molar-refractivity contribution is 5.31. The van der Waals surface area contributed by atoms with E-state index in [2.05, 4.69) is 0 Å². The summed E-state index contributed by atoms with van der Waals surface area (Å²) >= 11 is 0. The molecule has 2 atom stereocenters. The van der Waals surface area contributed by atoms with Crippen molar-refractivity contribution in [1.29, 1.82) is 0 Å². The van der Waals surface area contributed by atoms with Crippen LogP contribution in [0.25, 0.3) is 0 Å². The minimum atomic E-state index is -0.851. The van der Waals surface area contributed by atoms with Crippen LogP contribution in [0.4, 0.5) is 4.39 Å².